The number of fused-ring (bicyclic) bond motifs is 1. The molecule has 0 fully saturated rings. The summed E-state index contributed by atoms with van der Waals surface area (Å²) in [6.07, 6.45) is 4.43. The highest BCUT2D eigenvalue weighted by Crippen LogP contribution is 2.22. The van der Waals surface area contributed by atoms with E-state index in [0.29, 0.717) is 5.75 Å². The average Bonchev–Trinajstić information content (AvgIpc) is 2.49. The van der Waals surface area contributed by atoms with Crippen LogP contribution in [-0.4, -0.2) is 21.6 Å². The second-order valence-corrected chi connectivity index (χ2v) is 5.64. The van der Waals surface area contributed by atoms with Gasteiger partial charge in [0.15, 0.2) is 0 Å². The van der Waals surface area contributed by atoms with E-state index in [-0.39, 0.29) is 0 Å². The number of aromatic hydroxyl groups is 1. The molecule has 0 unspecified atom stereocenters. The standard InChI is InChI=1S/C16H14BrN3O/c17-12-9-15-16(20-10-12)14(6-8-19-15)18-7-5-11-1-3-13(21)4-2-11/h1-4,6,8-10,21H,5,7H2,(H,18,19). The molecule has 4 nitrogen and oxygen atoms in total. The topological polar surface area (TPSA) is 58.0 Å². The Morgan fingerprint density at radius 1 is 1.10 bits per heavy atom. The molecule has 0 radical (unpaired) electrons. The highest BCUT2D eigenvalue weighted by atomic mass is 79.9. The monoisotopic (exact) mass is 343 g/mol. The number of hydrogen-bond acceptors (Lipinski definition) is 4. The maximum Gasteiger partial charge on any atom is 0.115 e. The van der Waals surface area contributed by atoms with E-state index in [2.05, 4.69) is 31.2 Å². The van der Waals surface area contributed by atoms with Gasteiger partial charge in [-0.2, -0.15) is 0 Å². The van der Waals surface area contributed by atoms with Gasteiger partial charge in [0.25, 0.3) is 0 Å². The van der Waals surface area contributed by atoms with Crippen LogP contribution in [0, 0.1) is 0 Å². The van der Waals surface area contributed by atoms with Crippen molar-refractivity contribution >= 4 is 32.7 Å². The fourth-order valence-corrected chi connectivity index (χ4v) is 2.47. The number of aromatic nitrogens is 2. The lowest BCUT2D eigenvalue weighted by molar-refractivity contribution is 0.475. The number of pyridine rings is 2. The maximum absolute atomic E-state index is 9.27. The first-order chi connectivity index (χ1) is 10.2. The van der Waals surface area contributed by atoms with Crippen molar-refractivity contribution in [1.82, 2.24) is 9.97 Å². The summed E-state index contributed by atoms with van der Waals surface area (Å²) in [5.41, 5.74) is 3.88. The Morgan fingerprint density at radius 3 is 2.71 bits per heavy atom. The number of halogens is 1. The van der Waals surface area contributed by atoms with Gasteiger partial charge >= 0.3 is 0 Å². The molecule has 0 saturated heterocycles. The van der Waals surface area contributed by atoms with Gasteiger partial charge in [-0.3, -0.25) is 9.97 Å². The van der Waals surface area contributed by atoms with Gasteiger partial charge in [-0.05, 0) is 52.2 Å². The molecule has 0 aliphatic rings. The largest absolute Gasteiger partial charge is 0.508 e. The molecule has 3 aromatic rings. The number of phenolic OH excluding ortho intramolecular Hbond substituents is 1. The molecular formula is C16H14BrN3O. The highest BCUT2D eigenvalue weighted by Gasteiger charge is 2.03. The average molecular weight is 344 g/mol. The van der Waals surface area contributed by atoms with E-state index in [9.17, 15) is 5.11 Å². The van der Waals surface area contributed by atoms with E-state index in [1.807, 2.05) is 24.3 Å². The second-order valence-electron chi connectivity index (χ2n) is 4.72. The van der Waals surface area contributed by atoms with Crippen LogP contribution in [0.25, 0.3) is 11.0 Å². The Labute approximate surface area is 131 Å². The van der Waals surface area contributed by atoms with E-state index in [4.69, 9.17) is 0 Å². The van der Waals surface area contributed by atoms with Crippen molar-refractivity contribution in [2.45, 2.75) is 6.42 Å². The van der Waals surface area contributed by atoms with Crippen molar-refractivity contribution < 1.29 is 5.11 Å². The predicted octanol–water partition coefficient (Wildman–Crippen LogP) is 3.75. The summed E-state index contributed by atoms with van der Waals surface area (Å²) in [6, 6.07) is 11.1. The van der Waals surface area contributed by atoms with E-state index in [0.717, 1.165) is 34.2 Å². The fourth-order valence-electron chi connectivity index (χ4n) is 2.15. The van der Waals surface area contributed by atoms with Crippen molar-refractivity contribution in [2.24, 2.45) is 0 Å². The Bertz CT molecular complexity index is 759. The van der Waals surface area contributed by atoms with Crippen LogP contribution < -0.4 is 5.32 Å². The van der Waals surface area contributed by atoms with Crippen LogP contribution in [-0.2, 0) is 6.42 Å². The lowest BCUT2D eigenvalue weighted by Gasteiger charge is -2.09. The molecule has 0 saturated carbocycles. The molecular weight excluding hydrogens is 330 g/mol. The minimum absolute atomic E-state index is 0.293. The van der Waals surface area contributed by atoms with Crippen LogP contribution in [0.15, 0.2) is 53.3 Å². The van der Waals surface area contributed by atoms with Crippen LogP contribution in [0.4, 0.5) is 5.69 Å². The van der Waals surface area contributed by atoms with Crippen LogP contribution in [0.2, 0.25) is 0 Å². The number of benzene rings is 1. The smallest absolute Gasteiger partial charge is 0.115 e. The van der Waals surface area contributed by atoms with Gasteiger partial charge < -0.3 is 10.4 Å². The summed E-state index contributed by atoms with van der Waals surface area (Å²) in [5, 5.41) is 12.7. The number of nitrogens with zero attached hydrogens (tertiary/aromatic N) is 2. The summed E-state index contributed by atoms with van der Waals surface area (Å²) >= 11 is 3.40. The molecule has 5 heteroatoms. The predicted molar refractivity (Wildman–Crippen MR) is 87.5 cm³/mol. The van der Waals surface area contributed by atoms with Gasteiger partial charge in [-0.25, -0.2) is 0 Å². The number of rotatable bonds is 4. The molecule has 0 amide bonds. The first-order valence-corrected chi connectivity index (χ1v) is 7.44. The zero-order chi connectivity index (χ0) is 14.7. The summed E-state index contributed by atoms with van der Waals surface area (Å²) < 4.78 is 0.920. The van der Waals surface area contributed by atoms with Crippen LogP contribution >= 0.6 is 15.9 Å². The molecule has 0 atom stereocenters. The maximum atomic E-state index is 9.27. The molecule has 1 aromatic carbocycles. The van der Waals surface area contributed by atoms with Crippen molar-refractivity contribution in [3.05, 3.63) is 58.8 Å². The Morgan fingerprint density at radius 2 is 1.90 bits per heavy atom. The summed E-state index contributed by atoms with van der Waals surface area (Å²) in [7, 11) is 0. The van der Waals surface area contributed by atoms with E-state index in [1.54, 1.807) is 24.5 Å². The molecule has 106 valence electrons. The molecule has 2 aromatic heterocycles. The molecule has 2 N–H and O–H groups in total. The zero-order valence-corrected chi connectivity index (χ0v) is 12.8. The zero-order valence-electron chi connectivity index (χ0n) is 11.3. The highest BCUT2D eigenvalue weighted by molar-refractivity contribution is 9.10. The normalized spacial score (nSPS) is 10.7. The Balaban J connectivity index is 1.72. The minimum Gasteiger partial charge on any atom is -0.508 e. The molecule has 0 spiro atoms. The first kappa shape index (κ1) is 13.8. The fraction of sp³-hybridized carbons (Fsp3) is 0.125. The third kappa shape index (κ3) is 3.31. The van der Waals surface area contributed by atoms with Crippen molar-refractivity contribution in [3.63, 3.8) is 0 Å². The first-order valence-electron chi connectivity index (χ1n) is 6.64. The molecule has 0 aliphatic carbocycles. The van der Waals surface area contributed by atoms with Gasteiger partial charge in [0.05, 0.1) is 11.2 Å². The lowest BCUT2D eigenvalue weighted by Crippen LogP contribution is -2.05. The summed E-state index contributed by atoms with van der Waals surface area (Å²) in [6.45, 7) is 0.793. The number of phenols is 1. The van der Waals surface area contributed by atoms with Crippen LogP contribution in [0.5, 0.6) is 5.75 Å². The third-order valence-corrected chi connectivity index (χ3v) is 3.64. The molecule has 3 rings (SSSR count). The summed E-state index contributed by atoms with van der Waals surface area (Å²) in [4.78, 5) is 8.73. The van der Waals surface area contributed by atoms with Gasteiger partial charge in [-0.15, -0.1) is 0 Å². The third-order valence-electron chi connectivity index (χ3n) is 3.21. The van der Waals surface area contributed by atoms with Gasteiger partial charge in [0.2, 0.25) is 0 Å². The molecule has 2 heterocycles. The Kier molecular flexibility index (Phi) is 4.01. The Hall–Kier alpha value is -2.14. The number of nitrogens with one attached hydrogen (secondary N) is 1. The number of anilines is 1. The van der Waals surface area contributed by atoms with E-state index < -0.39 is 0 Å². The lowest BCUT2D eigenvalue weighted by atomic mass is 10.1. The van der Waals surface area contributed by atoms with E-state index in [1.165, 1.54) is 5.56 Å². The van der Waals surface area contributed by atoms with Crippen LogP contribution in [0.1, 0.15) is 5.56 Å². The van der Waals surface area contributed by atoms with Crippen LogP contribution in [0.3, 0.4) is 0 Å². The number of hydrogen-bond donors (Lipinski definition) is 2. The van der Waals surface area contributed by atoms with Crippen molar-refractivity contribution in [2.75, 3.05) is 11.9 Å². The second kappa shape index (κ2) is 6.10. The van der Waals surface area contributed by atoms with Gasteiger partial charge in [0, 0.05) is 23.4 Å². The van der Waals surface area contributed by atoms with Crippen molar-refractivity contribution in [3.8, 4) is 5.75 Å². The van der Waals surface area contributed by atoms with E-state index >= 15 is 0 Å². The molecule has 0 aliphatic heterocycles. The van der Waals surface area contributed by atoms with Crippen molar-refractivity contribution in [1.29, 1.82) is 0 Å². The SMILES string of the molecule is Oc1ccc(CCNc2ccnc3cc(Br)cnc23)cc1. The molecule has 21 heavy (non-hydrogen) atoms. The van der Waals surface area contributed by atoms with Gasteiger partial charge in [0.1, 0.15) is 11.3 Å². The summed E-state index contributed by atoms with van der Waals surface area (Å²) in [5.74, 6) is 0.293. The molecule has 0 bridgehead atoms. The van der Waals surface area contributed by atoms with Gasteiger partial charge in [-0.1, -0.05) is 12.1 Å². The quantitative estimate of drug-likeness (QED) is 0.757. The minimum atomic E-state index is 0.293.